The molecule has 40 heavy (non-hydrogen) atoms. The molecule has 1 fully saturated rings. The van der Waals surface area contributed by atoms with Crippen LogP contribution in [0.25, 0.3) is 22.4 Å². The summed E-state index contributed by atoms with van der Waals surface area (Å²) in [7, 11) is 0. The van der Waals surface area contributed by atoms with Crippen LogP contribution in [-0.4, -0.2) is 22.8 Å². The number of carbonyl (C=O) groups excluding carboxylic acids is 2. The maximum absolute atomic E-state index is 13.0. The Hall–Kier alpha value is -3.51. The van der Waals surface area contributed by atoms with E-state index in [1.807, 2.05) is 50.2 Å². The molecule has 0 atom stereocenters. The second kappa shape index (κ2) is 12.3. The summed E-state index contributed by atoms with van der Waals surface area (Å²) in [6.07, 6.45) is 6.46. The van der Waals surface area contributed by atoms with Crippen molar-refractivity contribution in [1.82, 2.24) is 10.3 Å². The van der Waals surface area contributed by atoms with Gasteiger partial charge in [-0.05, 0) is 68.1 Å². The fourth-order valence-electron chi connectivity index (χ4n) is 5.40. The summed E-state index contributed by atoms with van der Waals surface area (Å²) in [4.78, 5) is 30.1. The van der Waals surface area contributed by atoms with E-state index in [9.17, 15) is 9.59 Å². The van der Waals surface area contributed by atoms with E-state index in [1.165, 1.54) is 0 Å². The third-order valence-corrected chi connectivity index (χ3v) is 7.54. The highest BCUT2D eigenvalue weighted by molar-refractivity contribution is 5.93. The number of aromatic nitrogens is 1. The van der Waals surface area contributed by atoms with E-state index in [2.05, 4.69) is 55.7 Å². The van der Waals surface area contributed by atoms with E-state index >= 15 is 0 Å². The molecule has 1 aliphatic rings. The summed E-state index contributed by atoms with van der Waals surface area (Å²) < 4.78 is 0. The predicted molar refractivity (Wildman–Crippen MR) is 164 cm³/mol. The van der Waals surface area contributed by atoms with Crippen molar-refractivity contribution < 1.29 is 9.59 Å². The molecule has 4 rings (SSSR count). The van der Waals surface area contributed by atoms with Crippen LogP contribution in [-0.2, 0) is 15.1 Å². The van der Waals surface area contributed by atoms with Crippen molar-refractivity contribution in [2.45, 2.75) is 84.7 Å². The van der Waals surface area contributed by atoms with Crippen molar-refractivity contribution >= 4 is 17.5 Å². The Morgan fingerprint density at radius 3 is 2.12 bits per heavy atom. The maximum Gasteiger partial charge on any atom is 0.224 e. The highest BCUT2D eigenvalue weighted by Crippen LogP contribution is 2.34. The van der Waals surface area contributed by atoms with Crippen LogP contribution in [0.1, 0.15) is 78.7 Å². The molecule has 0 bridgehead atoms. The first-order valence-corrected chi connectivity index (χ1v) is 14.4. The molecule has 6 heteroatoms. The van der Waals surface area contributed by atoms with Gasteiger partial charge in [-0.25, -0.2) is 0 Å². The van der Waals surface area contributed by atoms with E-state index in [0.717, 1.165) is 53.6 Å². The number of nitrogens with zero attached hydrogens (tertiary/aromatic N) is 1. The second-order valence-electron chi connectivity index (χ2n) is 13.1. The molecule has 1 heterocycles. The first-order valence-electron chi connectivity index (χ1n) is 14.4. The first kappa shape index (κ1) is 29.5. The number of nitrogens with one attached hydrogen (secondary N) is 2. The lowest BCUT2D eigenvalue weighted by molar-refractivity contribution is -0.124. The van der Waals surface area contributed by atoms with Crippen LogP contribution in [0.5, 0.6) is 0 Å². The van der Waals surface area contributed by atoms with Gasteiger partial charge in [-0.2, -0.15) is 0 Å². The Labute approximate surface area is 239 Å². The standard InChI is InChI=1S/C34H44N4O2/c1-33(2,3)21-31(40)37-27-17-11-23(12-18-27)19-30(39)38-28-20-29(24-9-7-6-8-10-24)32(36-22-28)25-13-15-26(16-14-25)34(4,5)35/h6-10,13-16,20,22-23,27H,11-12,17-19,21,35H2,1-5H3,(H,37,40)(H,38,39). The van der Waals surface area contributed by atoms with Gasteiger partial charge >= 0.3 is 0 Å². The predicted octanol–water partition coefficient (Wildman–Crippen LogP) is 7.05. The van der Waals surface area contributed by atoms with Gasteiger partial charge in [0.15, 0.2) is 0 Å². The molecule has 0 spiro atoms. The average molecular weight is 541 g/mol. The summed E-state index contributed by atoms with van der Waals surface area (Å²) >= 11 is 0. The molecular weight excluding hydrogens is 496 g/mol. The van der Waals surface area contributed by atoms with Gasteiger partial charge in [0.05, 0.1) is 17.6 Å². The number of benzene rings is 2. The van der Waals surface area contributed by atoms with Gasteiger partial charge in [-0.1, -0.05) is 75.4 Å². The number of rotatable bonds is 8. The minimum absolute atomic E-state index is 0.00306. The quantitative estimate of drug-likeness (QED) is 0.285. The SMILES string of the molecule is CC(C)(C)CC(=O)NC1CCC(CC(=O)Nc2cnc(-c3ccc(C(C)(C)N)cc3)c(-c3ccccc3)c2)CC1. The zero-order valence-electron chi connectivity index (χ0n) is 24.6. The average Bonchev–Trinajstić information content (AvgIpc) is 2.89. The van der Waals surface area contributed by atoms with Crippen molar-refractivity contribution in [1.29, 1.82) is 0 Å². The Morgan fingerprint density at radius 1 is 0.875 bits per heavy atom. The Kier molecular flexibility index (Phi) is 9.09. The molecule has 3 aromatic rings. The Bertz CT molecular complexity index is 1300. The molecule has 6 nitrogen and oxygen atoms in total. The Balaban J connectivity index is 1.41. The number of nitrogens with two attached hydrogens (primary N) is 1. The van der Waals surface area contributed by atoms with Crippen LogP contribution in [0, 0.1) is 11.3 Å². The summed E-state index contributed by atoms with van der Waals surface area (Å²) in [6, 6.07) is 20.5. The van der Waals surface area contributed by atoms with Gasteiger partial charge in [0.1, 0.15) is 0 Å². The molecule has 1 aliphatic carbocycles. The van der Waals surface area contributed by atoms with Crippen molar-refractivity contribution in [3.05, 3.63) is 72.4 Å². The molecule has 2 amide bonds. The number of anilines is 1. The highest BCUT2D eigenvalue weighted by Gasteiger charge is 2.26. The minimum Gasteiger partial charge on any atom is -0.353 e. The van der Waals surface area contributed by atoms with Gasteiger partial charge in [0, 0.05) is 35.5 Å². The summed E-state index contributed by atoms with van der Waals surface area (Å²) in [6.45, 7) is 10.2. The zero-order valence-corrected chi connectivity index (χ0v) is 24.6. The van der Waals surface area contributed by atoms with Gasteiger partial charge in [-0.15, -0.1) is 0 Å². The van der Waals surface area contributed by atoms with E-state index in [1.54, 1.807) is 6.20 Å². The van der Waals surface area contributed by atoms with Crippen molar-refractivity contribution in [3.8, 4) is 22.4 Å². The monoisotopic (exact) mass is 540 g/mol. The topological polar surface area (TPSA) is 97.1 Å². The lowest BCUT2D eigenvalue weighted by atomic mass is 9.83. The summed E-state index contributed by atoms with van der Waals surface area (Å²) in [5.41, 5.74) is 11.4. The van der Waals surface area contributed by atoms with Crippen LogP contribution < -0.4 is 16.4 Å². The number of carbonyl (C=O) groups is 2. The van der Waals surface area contributed by atoms with Gasteiger partial charge < -0.3 is 16.4 Å². The van der Waals surface area contributed by atoms with Crippen molar-refractivity contribution in [2.75, 3.05) is 5.32 Å². The third kappa shape index (κ3) is 8.25. The van der Waals surface area contributed by atoms with Crippen LogP contribution in [0.3, 0.4) is 0 Å². The largest absolute Gasteiger partial charge is 0.353 e. The Morgan fingerprint density at radius 2 is 1.52 bits per heavy atom. The van der Waals surface area contributed by atoms with Crippen LogP contribution >= 0.6 is 0 Å². The van der Waals surface area contributed by atoms with E-state index in [4.69, 9.17) is 10.7 Å². The second-order valence-corrected chi connectivity index (χ2v) is 13.1. The number of amides is 2. The van der Waals surface area contributed by atoms with Crippen LogP contribution in [0.4, 0.5) is 5.69 Å². The van der Waals surface area contributed by atoms with Gasteiger partial charge in [0.25, 0.3) is 0 Å². The van der Waals surface area contributed by atoms with Gasteiger partial charge in [0.2, 0.25) is 11.8 Å². The fourth-order valence-corrected chi connectivity index (χ4v) is 5.40. The number of hydrogen-bond acceptors (Lipinski definition) is 4. The van der Waals surface area contributed by atoms with Crippen molar-refractivity contribution in [3.63, 3.8) is 0 Å². The molecule has 0 aliphatic heterocycles. The zero-order chi connectivity index (χ0) is 28.9. The minimum atomic E-state index is -0.415. The summed E-state index contributed by atoms with van der Waals surface area (Å²) in [5.74, 6) is 0.447. The number of pyridine rings is 1. The lowest BCUT2D eigenvalue weighted by Crippen LogP contribution is -2.39. The molecule has 0 unspecified atom stereocenters. The summed E-state index contributed by atoms with van der Waals surface area (Å²) in [5, 5.41) is 6.27. The fraction of sp³-hybridized carbons (Fsp3) is 0.441. The molecule has 4 N–H and O–H groups in total. The van der Waals surface area contributed by atoms with E-state index in [0.29, 0.717) is 24.4 Å². The first-order chi connectivity index (χ1) is 18.9. The van der Waals surface area contributed by atoms with Crippen LogP contribution in [0.2, 0.25) is 0 Å². The molecule has 0 radical (unpaired) electrons. The molecule has 0 saturated heterocycles. The molecule has 212 valence electrons. The third-order valence-electron chi connectivity index (χ3n) is 7.54. The molecule has 1 aromatic heterocycles. The smallest absolute Gasteiger partial charge is 0.224 e. The van der Waals surface area contributed by atoms with E-state index in [-0.39, 0.29) is 23.3 Å². The molecule has 1 saturated carbocycles. The molecule has 2 aromatic carbocycles. The van der Waals surface area contributed by atoms with Crippen molar-refractivity contribution in [2.24, 2.45) is 17.1 Å². The van der Waals surface area contributed by atoms with Crippen LogP contribution in [0.15, 0.2) is 66.9 Å². The maximum atomic E-state index is 13.0. The van der Waals surface area contributed by atoms with E-state index < -0.39 is 5.54 Å². The van der Waals surface area contributed by atoms with Gasteiger partial charge in [-0.3, -0.25) is 14.6 Å². The lowest BCUT2D eigenvalue weighted by Gasteiger charge is -2.29. The highest BCUT2D eigenvalue weighted by atomic mass is 16.2. The normalized spacial score (nSPS) is 17.8. The number of hydrogen-bond donors (Lipinski definition) is 3. The molecular formula is C34H44N4O2.